The number of carbonyl (C=O) groups is 1. The van der Waals surface area contributed by atoms with Crippen molar-refractivity contribution in [3.05, 3.63) is 24.3 Å². The predicted octanol–water partition coefficient (Wildman–Crippen LogP) is 2.68. The highest BCUT2D eigenvalue weighted by atomic mass is 16.5. The molecule has 112 valence electrons. The number of nitrogens with zero attached hydrogens (tertiary/aromatic N) is 1. The number of nitrogens with one attached hydrogen (secondary N) is 1. The van der Waals surface area contributed by atoms with Gasteiger partial charge in [0.2, 0.25) is 0 Å². The maximum Gasteiger partial charge on any atom is 0.322 e. The van der Waals surface area contributed by atoms with Crippen LogP contribution in [-0.2, 0) is 0 Å². The van der Waals surface area contributed by atoms with Gasteiger partial charge >= 0.3 is 6.03 Å². The first-order valence-electron chi connectivity index (χ1n) is 6.88. The SMILES string of the molecule is CCCN(C(=O)Nc1ccccc1OC)C(C)(C)CN. The molecule has 0 unspecified atom stereocenters. The molecule has 20 heavy (non-hydrogen) atoms. The molecule has 0 aliphatic rings. The number of hydrogen-bond acceptors (Lipinski definition) is 3. The van der Waals surface area contributed by atoms with Gasteiger partial charge in [-0.05, 0) is 32.4 Å². The molecule has 2 amide bonds. The fourth-order valence-electron chi connectivity index (χ4n) is 1.94. The second kappa shape index (κ2) is 7.14. The Morgan fingerprint density at radius 1 is 1.40 bits per heavy atom. The van der Waals surface area contributed by atoms with Crippen LogP contribution in [0.15, 0.2) is 24.3 Å². The number of benzene rings is 1. The summed E-state index contributed by atoms with van der Waals surface area (Å²) >= 11 is 0. The first-order valence-corrected chi connectivity index (χ1v) is 6.88. The maximum absolute atomic E-state index is 12.5. The van der Waals surface area contributed by atoms with Crippen LogP contribution in [0.25, 0.3) is 0 Å². The van der Waals surface area contributed by atoms with Crippen molar-refractivity contribution < 1.29 is 9.53 Å². The topological polar surface area (TPSA) is 67.6 Å². The zero-order valence-electron chi connectivity index (χ0n) is 12.8. The third-order valence-electron chi connectivity index (χ3n) is 3.27. The van der Waals surface area contributed by atoms with Crippen LogP contribution in [0.2, 0.25) is 0 Å². The monoisotopic (exact) mass is 279 g/mol. The molecule has 0 aliphatic heterocycles. The van der Waals surface area contributed by atoms with Crippen molar-refractivity contribution in [1.82, 2.24) is 4.90 Å². The lowest BCUT2D eigenvalue weighted by atomic mass is 10.0. The quantitative estimate of drug-likeness (QED) is 0.841. The molecule has 5 heteroatoms. The zero-order chi connectivity index (χ0) is 15.2. The molecule has 0 spiro atoms. The summed E-state index contributed by atoms with van der Waals surface area (Å²) in [5.41, 5.74) is 6.05. The van der Waals surface area contributed by atoms with Crippen LogP contribution in [0.1, 0.15) is 27.2 Å². The number of anilines is 1. The maximum atomic E-state index is 12.5. The number of amides is 2. The van der Waals surface area contributed by atoms with Crippen LogP contribution in [0.4, 0.5) is 10.5 Å². The van der Waals surface area contributed by atoms with E-state index in [1.807, 2.05) is 45.0 Å². The minimum Gasteiger partial charge on any atom is -0.495 e. The summed E-state index contributed by atoms with van der Waals surface area (Å²) < 4.78 is 5.24. The summed E-state index contributed by atoms with van der Waals surface area (Å²) in [5.74, 6) is 0.642. The van der Waals surface area contributed by atoms with Gasteiger partial charge in [0, 0.05) is 13.1 Å². The predicted molar refractivity (Wildman–Crippen MR) is 82.1 cm³/mol. The molecule has 0 aliphatic carbocycles. The molecule has 1 aromatic rings. The number of ether oxygens (including phenoxy) is 1. The summed E-state index contributed by atoms with van der Waals surface area (Å²) in [5, 5.41) is 2.89. The fraction of sp³-hybridized carbons (Fsp3) is 0.533. The van der Waals surface area contributed by atoms with Gasteiger partial charge < -0.3 is 20.7 Å². The number of methoxy groups -OCH3 is 1. The Bertz CT molecular complexity index is 446. The van der Waals surface area contributed by atoms with Gasteiger partial charge in [0.15, 0.2) is 0 Å². The molecule has 0 saturated heterocycles. The summed E-state index contributed by atoms with van der Waals surface area (Å²) in [4.78, 5) is 14.2. The van der Waals surface area contributed by atoms with Crippen molar-refractivity contribution in [2.24, 2.45) is 5.73 Å². The minimum atomic E-state index is -0.387. The summed E-state index contributed by atoms with van der Waals surface area (Å²) in [6, 6.07) is 7.19. The van der Waals surface area contributed by atoms with E-state index < -0.39 is 0 Å². The molecule has 0 aromatic heterocycles. The molecule has 0 fully saturated rings. The second-order valence-electron chi connectivity index (χ2n) is 5.30. The summed E-state index contributed by atoms with van der Waals surface area (Å²) in [6.07, 6.45) is 0.878. The van der Waals surface area contributed by atoms with Crippen molar-refractivity contribution in [3.8, 4) is 5.75 Å². The van der Waals surface area contributed by atoms with Gasteiger partial charge in [-0.1, -0.05) is 19.1 Å². The van der Waals surface area contributed by atoms with Gasteiger partial charge in [-0.3, -0.25) is 0 Å². The molecule has 0 atom stereocenters. The van der Waals surface area contributed by atoms with Crippen LogP contribution in [0.5, 0.6) is 5.75 Å². The van der Waals surface area contributed by atoms with Gasteiger partial charge in [-0.2, -0.15) is 0 Å². The lowest BCUT2D eigenvalue weighted by Gasteiger charge is -2.37. The number of nitrogens with two attached hydrogens (primary N) is 1. The largest absolute Gasteiger partial charge is 0.495 e. The van der Waals surface area contributed by atoms with Crippen molar-refractivity contribution in [2.45, 2.75) is 32.7 Å². The van der Waals surface area contributed by atoms with E-state index in [-0.39, 0.29) is 11.6 Å². The van der Waals surface area contributed by atoms with E-state index in [0.29, 0.717) is 24.5 Å². The molecule has 5 nitrogen and oxygen atoms in total. The normalized spacial score (nSPS) is 11.1. The minimum absolute atomic E-state index is 0.160. The highest BCUT2D eigenvalue weighted by molar-refractivity contribution is 5.91. The molecule has 1 aromatic carbocycles. The van der Waals surface area contributed by atoms with E-state index in [2.05, 4.69) is 5.32 Å². The van der Waals surface area contributed by atoms with E-state index in [0.717, 1.165) is 6.42 Å². The third-order valence-corrected chi connectivity index (χ3v) is 3.27. The molecule has 1 rings (SSSR count). The van der Waals surface area contributed by atoms with Gasteiger partial charge in [0.25, 0.3) is 0 Å². The fourth-order valence-corrected chi connectivity index (χ4v) is 1.94. The smallest absolute Gasteiger partial charge is 0.322 e. The highest BCUT2D eigenvalue weighted by Crippen LogP contribution is 2.24. The molecule has 3 N–H and O–H groups in total. The van der Waals surface area contributed by atoms with Crippen molar-refractivity contribution >= 4 is 11.7 Å². The van der Waals surface area contributed by atoms with E-state index in [4.69, 9.17) is 10.5 Å². The second-order valence-corrected chi connectivity index (χ2v) is 5.30. The molecule has 0 saturated carbocycles. The number of hydrogen-bond donors (Lipinski definition) is 2. The number of rotatable bonds is 6. The zero-order valence-corrected chi connectivity index (χ0v) is 12.8. The van der Waals surface area contributed by atoms with Crippen LogP contribution < -0.4 is 15.8 Å². The Morgan fingerprint density at radius 2 is 2.05 bits per heavy atom. The highest BCUT2D eigenvalue weighted by Gasteiger charge is 2.29. The Hall–Kier alpha value is -1.75. The van der Waals surface area contributed by atoms with E-state index in [9.17, 15) is 4.79 Å². The number of carbonyl (C=O) groups excluding carboxylic acids is 1. The molecule has 0 bridgehead atoms. The number of para-hydroxylation sites is 2. The van der Waals surface area contributed by atoms with E-state index in [1.54, 1.807) is 12.0 Å². The van der Waals surface area contributed by atoms with Gasteiger partial charge in [0.05, 0.1) is 18.3 Å². The van der Waals surface area contributed by atoms with E-state index in [1.165, 1.54) is 0 Å². The van der Waals surface area contributed by atoms with Gasteiger partial charge in [-0.15, -0.1) is 0 Å². The lowest BCUT2D eigenvalue weighted by Crippen LogP contribution is -2.54. The van der Waals surface area contributed by atoms with Crippen LogP contribution in [0.3, 0.4) is 0 Å². The summed E-state index contributed by atoms with van der Waals surface area (Å²) in [6.45, 7) is 7.03. The first-order chi connectivity index (χ1) is 9.46. The van der Waals surface area contributed by atoms with Crippen LogP contribution >= 0.6 is 0 Å². The Kier molecular flexibility index (Phi) is 5.82. The average Bonchev–Trinajstić information content (AvgIpc) is 2.45. The van der Waals surface area contributed by atoms with Gasteiger partial charge in [-0.25, -0.2) is 4.79 Å². The van der Waals surface area contributed by atoms with Crippen LogP contribution in [0, 0.1) is 0 Å². The van der Waals surface area contributed by atoms with Gasteiger partial charge in [0.1, 0.15) is 5.75 Å². The van der Waals surface area contributed by atoms with E-state index >= 15 is 0 Å². The summed E-state index contributed by atoms with van der Waals surface area (Å²) in [7, 11) is 1.58. The van der Waals surface area contributed by atoms with Crippen molar-refractivity contribution in [1.29, 1.82) is 0 Å². The van der Waals surface area contributed by atoms with Crippen LogP contribution in [-0.4, -0.2) is 36.7 Å². The molecule has 0 heterocycles. The number of urea groups is 1. The lowest BCUT2D eigenvalue weighted by molar-refractivity contribution is 0.150. The molecular formula is C15H25N3O2. The van der Waals surface area contributed by atoms with Crippen molar-refractivity contribution in [3.63, 3.8) is 0 Å². The Morgan fingerprint density at radius 3 is 2.60 bits per heavy atom. The van der Waals surface area contributed by atoms with Crippen molar-refractivity contribution in [2.75, 3.05) is 25.5 Å². The standard InChI is InChI=1S/C15H25N3O2/c1-5-10-18(15(2,3)11-16)14(19)17-12-8-6-7-9-13(12)20-4/h6-9H,5,10-11,16H2,1-4H3,(H,17,19). The molecule has 0 radical (unpaired) electrons. The Balaban J connectivity index is 2.91. The Labute approximate surface area is 121 Å². The average molecular weight is 279 g/mol. The third kappa shape index (κ3) is 3.87. The molecular weight excluding hydrogens is 254 g/mol. The first kappa shape index (κ1) is 16.3.